The lowest BCUT2D eigenvalue weighted by molar-refractivity contribution is -0.0440. The fourth-order valence-corrected chi connectivity index (χ4v) is 1.07. The first-order chi connectivity index (χ1) is 6.02. The van der Waals surface area contributed by atoms with Crippen LogP contribution in [0.5, 0.6) is 0 Å². The molecule has 1 unspecified atom stereocenters. The Hall–Kier alpha value is -0.120. The van der Waals surface area contributed by atoms with Crippen molar-refractivity contribution in [2.24, 2.45) is 0 Å². The van der Waals surface area contributed by atoms with Gasteiger partial charge in [-0.25, -0.2) is 0 Å². The van der Waals surface area contributed by atoms with E-state index < -0.39 is 6.10 Å². The van der Waals surface area contributed by atoms with Crippen molar-refractivity contribution in [3.8, 4) is 0 Å². The first-order valence-corrected chi connectivity index (χ1v) is 4.83. The zero-order chi connectivity index (χ0) is 10.3. The molecule has 3 nitrogen and oxygen atoms in total. The average molecular weight is 190 g/mol. The van der Waals surface area contributed by atoms with Crippen molar-refractivity contribution in [1.82, 2.24) is 0 Å². The van der Waals surface area contributed by atoms with E-state index in [1.807, 2.05) is 20.8 Å². The summed E-state index contributed by atoms with van der Waals surface area (Å²) in [4.78, 5) is 0. The van der Waals surface area contributed by atoms with Crippen molar-refractivity contribution in [1.29, 1.82) is 0 Å². The van der Waals surface area contributed by atoms with Crippen LogP contribution in [-0.2, 0) is 9.47 Å². The molecule has 0 aliphatic heterocycles. The minimum Gasteiger partial charge on any atom is -0.391 e. The van der Waals surface area contributed by atoms with E-state index in [1.54, 1.807) is 7.11 Å². The van der Waals surface area contributed by atoms with Crippen LogP contribution >= 0.6 is 0 Å². The van der Waals surface area contributed by atoms with E-state index in [2.05, 4.69) is 0 Å². The second-order valence-electron chi connectivity index (χ2n) is 3.90. The van der Waals surface area contributed by atoms with Gasteiger partial charge in [0.2, 0.25) is 0 Å². The fourth-order valence-electron chi connectivity index (χ4n) is 1.07. The Morgan fingerprint density at radius 3 is 2.46 bits per heavy atom. The van der Waals surface area contributed by atoms with Gasteiger partial charge in [-0.15, -0.1) is 0 Å². The van der Waals surface area contributed by atoms with Gasteiger partial charge >= 0.3 is 0 Å². The van der Waals surface area contributed by atoms with E-state index in [-0.39, 0.29) is 5.60 Å². The SMILES string of the molecule is CCCOCC(O)CC(C)(C)OC. The Balaban J connectivity index is 3.55. The summed E-state index contributed by atoms with van der Waals surface area (Å²) in [5.74, 6) is 0. The maximum Gasteiger partial charge on any atom is 0.0800 e. The third kappa shape index (κ3) is 6.99. The number of hydrogen-bond donors (Lipinski definition) is 1. The smallest absolute Gasteiger partial charge is 0.0800 e. The lowest BCUT2D eigenvalue weighted by Gasteiger charge is -2.25. The normalized spacial score (nSPS) is 14.5. The standard InChI is InChI=1S/C10H22O3/c1-5-6-13-8-9(11)7-10(2,3)12-4/h9,11H,5-8H2,1-4H3. The Kier molecular flexibility index (Phi) is 6.29. The van der Waals surface area contributed by atoms with Crippen molar-refractivity contribution in [2.75, 3.05) is 20.3 Å². The first kappa shape index (κ1) is 12.9. The average Bonchev–Trinajstić information content (AvgIpc) is 2.04. The summed E-state index contributed by atoms with van der Waals surface area (Å²) in [5, 5.41) is 9.54. The zero-order valence-electron chi connectivity index (χ0n) is 9.17. The topological polar surface area (TPSA) is 38.7 Å². The van der Waals surface area contributed by atoms with Gasteiger partial charge in [-0.1, -0.05) is 6.92 Å². The third-order valence-electron chi connectivity index (χ3n) is 1.94. The van der Waals surface area contributed by atoms with Gasteiger partial charge in [0.1, 0.15) is 0 Å². The van der Waals surface area contributed by atoms with Gasteiger partial charge in [0.25, 0.3) is 0 Å². The molecule has 0 saturated carbocycles. The van der Waals surface area contributed by atoms with E-state index in [1.165, 1.54) is 0 Å². The second kappa shape index (κ2) is 6.35. The van der Waals surface area contributed by atoms with Gasteiger partial charge in [0.05, 0.1) is 18.3 Å². The molecule has 80 valence electrons. The highest BCUT2D eigenvalue weighted by molar-refractivity contribution is 4.72. The predicted molar refractivity (Wildman–Crippen MR) is 52.8 cm³/mol. The Morgan fingerprint density at radius 1 is 1.38 bits per heavy atom. The fraction of sp³-hybridized carbons (Fsp3) is 1.00. The minimum atomic E-state index is -0.429. The molecule has 0 rings (SSSR count). The molecule has 0 fully saturated rings. The van der Waals surface area contributed by atoms with Gasteiger partial charge in [0, 0.05) is 20.1 Å². The van der Waals surface area contributed by atoms with Crippen LogP contribution in [0, 0.1) is 0 Å². The largest absolute Gasteiger partial charge is 0.391 e. The van der Waals surface area contributed by atoms with Crippen molar-refractivity contribution < 1.29 is 14.6 Å². The van der Waals surface area contributed by atoms with Crippen molar-refractivity contribution in [3.05, 3.63) is 0 Å². The van der Waals surface area contributed by atoms with Crippen LogP contribution < -0.4 is 0 Å². The molecule has 0 amide bonds. The molecular formula is C10H22O3. The lowest BCUT2D eigenvalue weighted by Crippen LogP contribution is -2.31. The number of hydrogen-bond acceptors (Lipinski definition) is 3. The predicted octanol–water partition coefficient (Wildman–Crippen LogP) is 1.59. The van der Waals surface area contributed by atoms with Crippen LogP contribution in [0.3, 0.4) is 0 Å². The quantitative estimate of drug-likeness (QED) is 0.620. The highest BCUT2D eigenvalue weighted by Crippen LogP contribution is 2.15. The van der Waals surface area contributed by atoms with E-state index in [0.29, 0.717) is 19.6 Å². The Labute approximate surface area is 81.0 Å². The summed E-state index contributed by atoms with van der Waals surface area (Å²) < 4.78 is 10.4. The maximum absolute atomic E-state index is 9.54. The number of methoxy groups -OCH3 is 1. The summed E-state index contributed by atoms with van der Waals surface area (Å²) in [5.41, 5.74) is -0.269. The number of rotatable bonds is 7. The molecule has 0 spiro atoms. The van der Waals surface area contributed by atoms with E-state index in [0.717, 1.165) is 6.42 Å². The highest BCUT2D eigenvalue weighted by atomic mass is 16.5. The number of ether oxygens (including phenoxy) is 2. The highest BCUT2D eigenvalue weighted by Gasteiger charge is 2.21. The number of aliphatic hydroxyl groups excluding tert-OH is 1. The lowest BCUT2D eigenvalue weighted by atomic mass is 10.0. The maximum atomic E-state index is 9.54. The van der Waals surface area contributed by atoms with Crippen LogP contribution in [0.4, 0.5) is 0 Å². The molecule has 13 heavy (non-hydrogen) atoms. The van der Waals surface area contributed by atoms with Gasteiger partial charge in [-0.2, -0.15) is 0 Å². The molecule has 0 aliphatic carbocycles. The summed E-state index contributed by atoms with van der Waals surface area (Å²) in [6.07, 6.45) is 1.16. The van der Waals surface area contributed by atoms with Crippen LogP contribution in [0.1, 0.15) is 33.6 Å². The molecule has 0 saturated heterocycles. The van der Waals surface area contributed by atoms with Crippen molar-refractivity contribution in [3.63, 3.8) is 0 Å². The summed E-state index contributed by atoms with van der Waals surface area (Å²) >= 11 is 0. The number of aliphatic hydroxyl groups is 1. The van der Waals surface area contributed by atoms with E-state index >= 15 is 0 Å². The molecule has 0 aromatic heterocycles. The monoisotopic (exact) mass is 190 g/mol. The molecule has 1 atom stereocenters. The van der Waals surface area contributed by atoms with Crippen molar-refractivity contribution in [2.45, 2.75) is 45.3 Å². The zero-order valence-corrected chi connectivity index (χ0v) is 9.17. The second-order valence-corrected chi connectivity index (χ2v) is 3.90. The Bertz CT molecular complexity index is 123. The molecule has 0 aromatic carbocycles. The molecule has 0 heterocycles. The van der Waals surface area contributed by atoms with E-state index in [4.69, 9.17) is 9.47 Å². The summed E-state index contributed by atoms with van der Waals surface area (Å²) in [6.45, 7) is 7.07. The minimum absolute atomic E-state index is 0.269. The third-order valence-corrected chi connectivity index (χ3v) is 1.94. The van der Waals surface area contributed by atoms with Crippen molar-refractivity contribution >= 4 is 0 Å². The Morgan fingerprint density at radius 2 is 2.00 bits per heavy atom. The van der Waals surface area contributed by atoms with Gasteiger partial charge in [-0.3, -0.25) is 0 Å². The molecule has 0 bridgehead atoms. The molecule has 0 aliphatic rings. The summed E-state index contributed by atoms with van der Waals surface area (Å²) in [7, 11) is 1.65. The van der Waals surface area contributed by atoms with Crippen LogP contribution in [0.25, 0.3) is 0 Å². The molecular weight excluding hydrogens is 168 g/mol. The van der Waals surface area contributed by atoms with Gasteiger partial charge in [0.15, 0.2) is 0 Å². The molecule has 0 aromatic rings. The summed E-state index contributed by atoms with van der Waals surface area (Å²) in [6, 6.07) is 0. The van der Waals surface area contributed by atoms with Crippen LogP contribution in [0.2, 0.25) is 0 Å². The van der Waals surface area contributed by atoms with Crippen LogP contribution in [0.15, 0.2) is 0 Å². The van der Waals surface area contributed by atoms with Gasteiger partial charge in [-0.05, 0) is 20.3 Å². The molecule has 3 heteroatoms. The van der Waals surface area contributed by atoms with Gasteiger partial charge < -0.3 is 14.6 Å². The first-order valence-electron chi connectivity index (χ1n) is 4.83. The molecule has 1 N–H and O–H groups in total. The van der Waals surface area contributed by atoms with Crippen LogP contribution in [-0.4, -0.2) is 37.1 Å². The van der Waals surface area contributed by atoms with E-state index in [9.17, 15) is 5.11 Å². The molecule has 0 radical (unpaired) electrons.